The van der Waals surface area contributed by atoms with E-state index < -0.39 is 0 Å². The van der Waals surface area contributed by atoms with Gasteiger partial charge >= 0.3 is 0 Å². The number of carbonyl (C=O) groups excluding carboxylic acids is 1. The second-order valence-corrected chi connectivity index (χ2v) is 10.7. The van der Waals surface area contributed by atoms with E-state index in [9.17, 15) is 15.0 Å². The van der Waals surface area contributed by atoms with Gasteiger partial charge in [0.1, 0.15) is 5.75 Å². The Labute approximate surface area is 236 Å². The Morgan fingerprint density at radius 1 is 0.950 bits per heavy atom. The number of nitrogens with one attached hydrogen (secondary N) is 2. The van der Waals surface area contributed by atoms with E-state index in [-0.39, 0.29) is 54.1 Å². The van der Waals surface area contributed by atoms with Gasteiger partial charge in [-0.25, -0.2) is 0 Å². The van der Waals surface area contributed by atoms with Crippen molar-refractivity contribution in [2.24, 2.45) is 17.2 Å². The van der Waals surface area contributed by atoms with Crippen molar-refractivity contribution in [2.75, 3.05) is 46.7 Å². The van der Waals surface area contributed by atoms with Crippen LogP contribution in [0.1, 0.15) is 23.2 Å². The molecule has 2 aromatic carbocycles. The first-order valence-electron chi connectivity index (χ1n) is 13.0. The number of aliphatic hydroxyl groups is 1. The molecule has 0 radical (unpaired) electrons. The van der Waals surface area contributed by atoms with Gasteiger partial charge in [0, 0.05) is 60.1 Å². The molecule has 2 aliphatic heterocycles. The number of halogens is 1. The highest BCUT2D eigenvalue weighted by Gasteiger charge is 2.33. The fourth-order valence-electron chi connectivity index (χ4n) is 5.03. The van der Waals surface area contributed by atoms with Crippen LogP contribution in [0.5, 0.6) is 5.75 Å². The largest absolute Gasteiger partial charge is 0.506 e. The highest BCUT2D eigenvalue weighted by atomic mass is 35.5. The van der Waals surface area contributed by atoms with E-state index in [1.165, 1.54) is 6.07 Å². The van der Waals surface area contributed by atoms with Crippen LogP contribution in [0.3, 0.4) is 0 Å². The average Bonchev–Trinajstić information content (AvgIpc) is 3.30. The zero-order valence-corrected chi connectivity index (χ0v) is 22.5. The predicted octanol–water partition coefficient (Wildman–Crippen LogP) is 0.990. The van der Waals surface area contributed by atoms with Crippen LogP contribution in [-0.2, 0) is 0 Å². The SMILES string of the molecule is N[C@@H]1C[C@H](N)CN(c2nc(Nc3ccc(NC(=O)c4ccc(Cl)cc4)c(O)c3)nc(N3C[C@@H](N)C[C@H]3CO)n2)C1. The summed E-state index contributed by atoms with van der Waals surface area (Å²) in [5.41, 5.74) is 19.7. The number of rotatable bonds is 7. The Hall–Kier alpha value is -3.75. The maximum Gasteiger partial charge on any atom is 0.255 e. The number of benzene rings is 2. The maximum absolute atomic E-state index is 12.6. The van der Waals surface area contributed by atoms with Gasteiger partial charge in [0.05, 0.1) is 18.3 Å². The standard InChI is InChI=1S/C26H33ClN10O3/c27-15-3-1-14(2-4-15)23(40)32-21-6-5-19(9-22(21)39)31-24-33-25(36-10-16(28)7-17(29)11-36)35-26(34-24)37-12-18(30)8-20(37)13-38/h1-6,9,16-18,20,38-39H,7-8,10-13,28-30H2,(H,32,40)(H,31,33,34,35)/t16-,17+,18-,20-/m0/s1. The van der Waals surface area contributed by atoms with Crippen LogP contribution >= 0.6 is 11.6 Å². The second-order valence-electron chi connectivity index (χ2n) is 10.2. The summed E-state index contributed by atoms with van der Waals surface area (Å²) in [6, 6.07) is 10.5. The molecular formula is C26H33ClN10O3. The topological polar surface area (TPSA) is 205 Å². The maximum atomic E-state index is 12.6. The minimum atomic E-state index is -0.389. The van der Waals surface area contributed by atoms with E-state index in [4.69, 9.17) is 28.8 Å². The van der Waals surface area contributed by atoms with E-state index >= 15 is 0 Å². The molecule has 5 rings (SSSR count). The molecule has 3 aromatic rings. The Morgan fingerprint density at radius 2 is 1.62 bits per heavy atom. The summed E-state index contributed by atoms with van der Waals surface area (Å²) in [6.45, 7) is 1.45. The Bertz CT molecular complexity index is 1350. The molecule has 1 aromatic heterocycles. The number of nitrogens with two attached hydrogens (primary N) is 3. The van der Waals surface area contributed by atoms with Crippen LogP contribution in [0.15, 0.2) is 42.5 Å². The fourth-order valence-corrected chi connectivity index (χ4v) is 5.16. The van der Waals surface area contributed by atoms with Crippen LogP contribution in [0, 0.1) is 0 Å². The van der Waals surface area contributed by atoms with Crippen molar-refractivity contribution in [3.8, 4) is 5.75 Å². The number of phenols is 1. The lowest BCUT2D eigenvalue weighted by Crippen LogP contribution is -2.53. The molecule has 0 bridgehead atoms. The number of amides is 1. The number of phenolic OH excluding ortho intramolecular Hbond substituents is 1. The van der Waals surface area contributed by atoms with Crippen molar-refractivity contribution in [1.29, 1.82) is 0 Å². The third kappa shape index (κ3) is 6.35. The summed E-state index contributed by atoms with van der Waals surface area (Å²) in [4.78, 5) is 30.3. The normalized spacial score (nSPS) is 22.8. The molecule has 0 aliphatic carbocycles. The molecule has 2 aliphatic rings. The molecule has 0 unspecified atom stereocenters. The quantitative estimate of drug-likeness (QED) is 0.199. The van der Waals surface area contributed by atoms with Crippen molar-refractivity contribution in [3.63, 3.8) is 0 Å². The van der Waals surface area contributed by atoms with Gasteiger partial charge in [0.2, 0.25) is 17.8 Å². The molecule has 1 amide bonds. The number of aromatic nitrogens is 3. The van der Waals surface area contributed by atoms with Crippen molar-refractivity contribution >= 4 is 46.7 Å². The van der Waals surface area contributed by atoms with Gasteiger partial charge in [-0.1, -0.05) is 11.6 Å². The van der Waals surface area contributed by atoms with Crippen LogP contribution < -0.4 is 37.6 Å². The number of aliphatic hydroxyl groups excluding tert-OH is 1. The monoisotopic (exact) mass is 568 g/mol. The highest BCUT2D eigenvalue weighted by molar-refractivity contribution is 6.30. The summed E-state index contributed by atoms with van der Waals surface area (Å²) in [7, 11) is 0. The number of anilines is 5. The molecular weight excluding hydrogens is 536 g/mol. The predicted molar refractivity (Wildman–Crippen MR) is 154 cm³/mol. The minimum Gasteiger partial charge on any atom is -0.506 e. The minimum absolute atomic E-state index is 0.0893. The van der Waals surface area contributed by atoms with E-state index in [0.29, 0.717) is 60.6 Å². The van der Waals surface area contributed by atoms with Crippen molar-refractivity contribution < 1.29 is 15.0 Å². The van der Waals surface area contributed by atoms with Crippen molar-refractivity contribution in [1.82, 2.24) is 15.0 Å². The lowest BCUT2D eigenvalue weighted by Gasteiger charge is -2.35. The van der Waals surface area contributed by atoms with Gasteiger partial charge in [0.15, 0.2) is 0 Å². The fraction of sp³-hybridized carbons (Fsp3) is 0.385. The molecule has 212 valence electrons. The number of aromatic hydroxyl groups is 1. The van der Waals surface area contributed by atoms with Crippen molar-refractivity contribution in [2.45, 2.75) is 37.0 Å². The van der Waals surface area contributed by atoms with Gasteiger partial charge in [-0.05, 0) is 49.2 Å². The summed E-state index contributed by atoms with van der Waals surface area (Å²) >= 11 is 5.89. The van der Waals surface area contributed by atoms with Gasteiger partial charge in [-0.2, -0.15) is 15.0 Å². The zero-order valence-electron chi connectivity index (χ0n) is 21.7. The molecule has 10 N–H and O–H groups in total. The van der Waals surface area contributed by atoms with Crippen LogP contribution in [0.2, 0.25) is 5.02 Å². The van der Waals surface area contributed by atoms with E-state index in [1.54, 1.807) is 36.4 Å². The van der Waals surface area contributed by atoms with Gasteiger partial charge in [0.25, 0.3) is 5.91 Å². The van der Waals surface area contributed by atoms with Crippen LogP contribution in [0.25, 0.3) is 0 Å². The third-order valence-electron chi connectivity index (χ3n) is 6.93. The van der Waals surface area contributed by atoms with E-state index in [0.717, 1.165) is 0 Å². The molecule has 3 heterocycles. The van der Waals surface area contributed by atoms with E-state index in [2.05, 4.69) is 25.6 Å². The Kier molecular flexibility index (Phi) is 8.19. The van der Waals surface area contributed by atoms with Crippen LogP contribution in [-0.4, -0.2) is 81.5 Å². The number of carbonyl (C=O) groups is 1. The molecule has 4 atom stereocenters. The second kappa shape index (κ2) is 11.8. The number of nitrogens with zero attached hydrogens (tertiary/aromatic N) is 5. The zero-order chi connectivity index (χ0) is 28.4. The summed E-state index contributed by atoms with van der Waals surface area (Å²) < 4.78 is 0. The molecule has 0 spiro atoms. The first-order valence-corrected chi connectivity index (χ1v) is 13.4. The number of hydrogen-bond acceptors (Lipinski definition) is 12. The number of hydrogen-bond donors (Lipinski definition) is 7. The number of piperidine rings is 1. The Balaban J connectivity index is 1.40. The highest BCUT2D eigenvalue weighted by Crippen LogP contribution is 2.30. The van der Waals surface area contributed by atoms with Gasteiger partial charge in [-0.3, -0.25) is 4.79 Å². The first-order chi connectivity index (χ1) is 19.2. The van der Waals surface area contributed by atoms with Crippen molar-refractivity contribution in [3.05, 3.63) is 53.1 Å². The Morgan fingerprint density at radius 3 is 2.30 bits per heavy atom. The molecule has 14 heteroatoms. The molecule has 0 saturated carbocycles. The van der Waals surface area contributed by atoms with Gasteiger partial charge in [-0.15, -0.1) is 0 Å². The third-order valence-corrected chi connectivity index (χ3v) is 7.18. The molecule has 40 heavy (non-hydrogen) atoms. The smallest absolute Gasteiger partial charge is 0.255 e. The summed E-state index contributed by atoms with van der Waals surface area (Å²) in [6.07, 6.45) is 1.31. The lowest BCUT2D eigenvalue weighted by molar-refractivity contribution is 0.102. The molecule has 2 fully saturated rings. The summed E-state index contributed by atoms with van der Waals surface area (Å²) in [5, 5.41) is 26.9. The average molecular weight is 569 g/mol. The van der Waals surface area contributed by atoms with Crippen LogP contribution in [0.4, 0.5) is 29.2 Å². The molecule has 2 saturated heterocycles. The van der Waals surface area contributed by atoms with Gasteiger partial charge < -0.3 is 47.8 Å². The van der Waals surface area contributed by atoms with E-state index in [1.807, 2.05) is 9.80 Å². The first kappa shape index (κ1) is 27.8. The molecule has 13 nitrogen and oxygen atoms in total. The summed E-state index contributed by atoms with van der Waals surface area (Å²) in [5.74, 6) is 0.442. The lowest BCUT2D eigenvalue weighted by atomic mass is 10.0.